The Bertz CT molecular complexity index is 152. The van der Waals surface area contributed by atoms with E-state index in [4.69, 9.17) is 0 Å². The normalized spacial score (nSPS) is 21.5. The molecule has 0 amide bonds. The molecule has 0 unspecified atom stereocenters. The Hall–Kier alpha value is -0.500. The molecule has 0 aromatic rings. The third-order valence-corrected chi connectivity index (χ3v) is 2.20. The monoisotopic (exact) mass is 154 g/mol. The first kappa shape index (κ1) is 8.60. The van der Waals surface area contributed by atoms with Crippen molar-refractivity contribution in [3.05, 3.63) is 12.3 Å². The maximum atomic E-state index is 4.05. The third kappa shape index (κ3) is 1.96. The Balaban J connectivity index is 2.51. The topological polar surface area (TPSA) is 6.48 Å². The predicted molar refractivity (Wildman–Crippen MR) is 48.5 cm³/mol. The molecule has 1 heterocycles. The van der Waals surface area contributed by atoms with Gasteiger partial charge in [-0.3, -0.25) is 4.90 Å². The Morgan fingerprint density at radius 3 is 2.45 bits per heavy atom. The fourth-order valence-electron chi connectivity index (χ4n) is 1.54. The van der Waals surface area contributed by atoms with Gasteiger partial charge in [0.2, 0.25) is 0 Å². The molecule has 1 aliphatic rings. The Labute approximate surface area is 69.5 Å². The van der Waals surface area contributed by atoms with Crippen molar-refractivity contribution in [3.63, 3.8) is 0 Å². The summed E-state index contributed by atoms with van der Waals surface area (Å²) in [5.41, 5.74) is 1.26. The van der Waals surface area contributed by atoms with Crippen LogP contribution < -0.4 is 0 Å². The summed E-state index contributed by atoms with van der Waals surface area (Å²) in [5, 5.41) is 0. The van der Waals surface area contributed by atoms with Crippen molar-refractivity contribution in [2.75, 3.05) is 26.7 Å². The maximum Gasteiger partial charge on any atom is 0.0375 e. The van der Waals surface area contributed by atoms with Crippen LogP contribution in [0.25, 0.3) is 0 Å². The Morgan fingerprint density at radius 2 is 2.00 bits per heavy atom. The summed E-state index contributed by atoms with van der Waals surface area (Å²) in [6, 6.07) is 0.608. The zero-order valence-electron chi connectivity index (χ0n) is 7.80. The van der Waals surface area contributed by atoms with Crippen molar-refractivity contribution in [2.24, 2.45) is 0 Å². The second-order valence-corrected chi connectivity index (χ2v) is 3.59. The lowest BCUT2D eigenvalue weighted by Gasteiger charge is -2.38. The van der Waals surface area contributed by atoms with Crippen molar-refractivity contribution < 1.29 is 0 Å². The van der Waals surface area contributed by atoms with E-state index in [-0.39, 0.29) is 0 Å². The van der Waals surface area contributed by atoms with Gasteiger partial charge in [0.05, 0.1) is 0 Å². The number of nitrogens with zero attached hydrogens (tertiary/aromatic N) is 2. The lowest BCUT2D eigenvalue weighted by Crippen LogP contribution is -2.45. The summed E-state index contributed by atoms with van der Waals surface area (Å²) in [7, 11) is 2.14. The summed E-state index contributed by atoms with van der Waals surface area (Å²) >= 11 is 0. The van der Waals surface area contributed by atoms with Gasteiger partial charge in [0.15, 0.2) is 0 Å². The first-order chi connectivity index (χ1) is 5.11. The first-order valence-corrected chi connectivity index (χ1v) is 4.24. The minimum Gasteiger partial charge on any atom is -0.371 e. The van der Waals surface area contributed by atoms with Gasteiger partial charge in [-0.25, -0.2) is 0 Å². The standard InChI is InChI=1S/C9H18N2/c1-8(2)11-6-5-10(4)7-9(11)3/h8H,3,5-7H2,1-2,4H3. The molecule has 2 heteroatoms. The molecule has 11 heavy (non-hydrogen) atoms. The van der Waals surface area contributed by atoms with E-state index in [1.807, 2.05) is 0 Å². The van der Waals surface area contributed by atoms with E-state index in [0.717, 1.165) is 19.6 Å². The van der Waals surface area contributed by atoms with Gasteiger partial charge < -0.3 is 4.90 Å². The summed E-state index contributed by atoms with van der Waals surface area (Å²) in [6.07, 6.45) is 0. The average molecular weight is 154 g/mol. The van der Waals surface area contributed by atoms with Crippen LogP contribution in [0.1, 0.15) is 13.8 Å². The number of rotatable bonds is 1. The fourth-order valence-corrected chi connectivity index (χ4v) is 1.54. The highest BCUT2D eigenvalue weighted by Crippen LogP contribution is 2.12. The summed E-state index contributed by atoms with van der Waals surface area (Å²) in [5.74, 6) is 0. The molecule has 1 saturated heterocycles. The van der Waals surface area contributed by atoms with E-state index in [0.29, 0.717) is 6.04 Å². The third-order valence-electron chi connectivity index (χ3n) is 2.20. The molecule has 0 bridgehead atoms. The van der Waals surface area contributed by atoms with E-state index in [1.54, 1.807) is 0 Å². The van der Waals surface area contributed by atoms with E-state index >= 15 is 0 Å². The zero-order valence-corrected chi connectivity index (χ0v) is 7.80. The van der Waals surface area contributed by atoms with Gasteiger partial charge in [-0.1, -0.05) is 6.58 Å². The second-order valence-electron chi connectivity index (χ2n) is 3.59. The molecule has 2 nitrogen and oxygen atoms in total. The minimum atomic E-state index is 0.608. The molecule has 0 saturated carbocycles. The molecular weight excluding hydrogens is 136 g/mol. The van der Waals surface area contributed by atoms with Crippen molar-refractivity contribution in [1.82, 2.24) is 9.80 Å². The van der Waals surface area contributed by atoms with Crippen LogP contribution in [-0.2, 0) is 0 Å². The molecule has 1 rings (SSSR count). The molecule has 0 aromatic carbocycles. The van der Waals surface area contributed by atoms with Crippen LogP contribution in [0.4, 0.5) is 0 Å². The van der Waals surface area contributed by atoms with Gasteiger partial charge in [-0.15, -0.1) is 0 Å². The average Bonchev–Trinajstić information content (AvgIpc) is 1.85. The molecule has 0 aromatic heterocycles. The van der Waals surface area contributed by atoms with Gasteiger partial charge in [0, 0.05) is 31.4 Å². The second kappa shape index (κ2) is 3.26. The van der Waals surface area contributed by atoms with Crippen LogP contribution in [0.2, 0.25) is 0 Å². The molecule has 1 aliphatic heterocycles. The molecule has 0 aliphatic carbocycles. The molecule has 1 fully saturated rings. The maximum absolute atomic E-state index is 4.05. The fraction of sp³-hybridized carbons (Fsp3) is 0.778. The molecule has 0 radical (unpaired) electrons. The van der Waals surface area contributed by atoms with Gasteiger partial charge in [0.1, 0.15) is 0 Å². The van der Waals surface area contributed by atoms with Crippen molar-refractivity contribution in [2.45, 2.75) is 19.9 Å². The Morgan fingerprint density at radius 1 is 1.36 bits per heavy atom. The van der Waals surface area contributed by atoms with Gasteiger partial charge in [-0.05, 0) is 20.9 Å². The van der Waals surface area contributed by atoms with E-state index < -0.39 is 0 Å². The van der Waals surface area contributed by atoms with Gasteiger partial charge >= 0.3 is 0 Å². The SMILES string of the molecule is C=C1CN(C)CCN1C(C)C. The highest BCUT2D eigenvalue weighted by Gasteiger charge is 2.18. The molecule has 0 spiro atoms. The summed E-state index contributed by atoms with van der Waals surface area (Å²) in [4.78, 5) is 4.68. The molecule has 64 valence electrons. The van der Waals surface area contributed by atoms with Crippen LogP contribution in [0.15, 0.2) is 12.3 Å². The van der Waals surface area contributed by atoms with Crippen LogP contribution in [0.3, 0.4) is 0 Å². The number of likely N-dealkylation sites (N-methyl/N-ethyl adjacent to an activating group) is 1. The predicted octanol–water partition coefficient (Wildman–Crippen LogP) is 1.16. The van der Waals surface area contributed by atoms with Crippen molar-refractivity contribution >= 4 is 0 Å². The lowest BCUT2D eigenvalue weighted by atomic mass is 10.2. The van der Waals surface area contributed by atoms with E-state index in [1.165, 1.54) is 5.70 Å². The smallest absolute Gasteiger partial charge is 0.0375 e. The van der Waals surface area contributed by atoms with Crippen LogP contribution in [0.5, 0.6) is 0 Å². The first-order valence-electron chi connectivity index (χ1n) is 4.24. The van der Waals surface area contributed by atoms with Crippen LogP contribution in [-0.4, -0.2) is 42.5 Å². The van der Waals surface area contributed by atoms with Crippen LogP contribution >= 0.6 is 0 Å². The molecular formula is C9H18N2. The van der Waals surface area contributed by atoms with Gasteiger partial charge in [0.25, 0.3) is 0 Å². The molecule has 0 N–H and O–H groups in total. The highest BCUT2D eigenvalue weighted by molar-refractivity contribution is 5.01. The number of hydrogen-bond acceptors (Lipinski definition) is 2. The Kier molecular flexibility index (Phi) is 2.55. The quantitative estimate of drug-likeness (QED) is 0.559. The number of hydrogen-bond donors (Lipinski definition) is 0. The summed E-state index contributed by atoms with van der Waals surface area (Å²) in [6.45, 7) is 11.8. The van der Waals surface area contributed by atoms with E-state index in [9.17, 15) is 0 Å². The lowest BCUT2D eigenvalue weighted by molar-refractivity contribution is 0.175. The summed E-state index contributed by atoms with van der Waals surface area (Å²) < 4.78 is 0. The van der Waals surface area contributed by atoms with E-state index in [2.05, 4.69) is 37.3 Å². The van der Waals surface area contributed by atoms with Crippen molar-refractivity contribution in [1.29, 1.82) is 0 Å². The highest BCUT2D eigenvalue weighted by atomic mass is 15.3. The van der Waals surface area contributed by atoms with Crippen LogP contribution in [0, 0.1) is 0 Å². The molecule has 0 atom stereocenters. The minimum absolute atomic E-state index is 0.608. The van der Waals surface area contributed by atoms with Gasteiger partial charge in [-0.2, -0.15) is 0 Å². The number of piperazine rings is 1. The van der Waals surface area contributed by atoms with Crippen molar-refractivity contribution in [3.8, 4) is 0 Å². The zero-order chi connectivity index (χ0) is 8.43. The largest absolute Gasteiger partial charge is 0.371 e.